The van der Waals surface area contributed by atoms with Gasteiger partial charge in [-0.05, 0) is 67.6 Å². The second-order valence-electron chi connectivity index (χ2n) is 10.5. The number of hydrogen-bond donors (Lipinski definition) is 3. The van der Waals surface area contributed by atoms with Crippen LogP contribution in [0.5, 0.6) is 0 Å². The maximum absolute atomic E-state index is 13.7. The summed E-state index contributed by atoms with van der Waals surface area (Å²) in [5, 5.41) is 6.23. The van der Waals surface area contributed by atoms with Crippen molar-refractivity contribution < 1.29 is 18.7 Å². The highest BCUT2D eigenvalue weighted by Crippen LogP contribution is 2.36. The summed E-state index contributed by atoms with van der Waals surface area (Å²) in [6.07, 6.45) is 6.67. The average molecular weight is 544 g/mol. The van der Waals surface area contributed by atoms with Gasteiger partial charge in [0.2, 0.25) is 18.1 Å². The Bertz CT molecular complexity index is 1470. The molecule has 0 spiro atoms. The first kappa shape index (κ1) is 26.0. The summed E-state index contributed by atoms with van der Waals surface area (Å²) in [5.41, 5.74) is 2.66. The van der Waals surface area contributed by atoms with Gasteiger partial charge in [0.05, 0.1) is 35.7 Å². The Morgan fingerprint density at radius 3 is 2.62 bits per heavy atom. The van der Waals surface area contributed by atoms with E-state index in [2.05, 4.69) is 30.6 Å². The molecule has 2 aliphatic rings. The number of H-pyrrole nitrogens is 1. The third-order valence-corrected chi connectivity index (χ3v) is 7.05. The highest BCUT2D eigenvalue weighted by molar-refractivity contribution is 5.82. The van der Waals surface area contributed by atoms with Gasteiger partial charge in [-0.3, -0.25) is 9.78 Å². The number of pyridine rings is 1. The number of aromatic nitrogens is 5. The second-order valence-corrected chi connectivity index (χ2v) is 10.5. The Hall–Kier alpha value is -4.22. The van der Waals surface area contributed by atoms with Gasteiger partial charge < -0.3 is 25.1 Å². The first-order valence-corrected chi connectivity index (χ1v) is 13.3. The molecule has 0 atom stereocenters. The average Bonchev–Trinajstić information content (AvgIpc) is 3.72. The minimum atomic E-state index is -0.803. The Balaban J connectivity index is 1.23. The van der Waals surface area contributed by atoms with E-state index in [1.807, 2.05) is 19.1 Å². The van der Waals surface area contributed by atoms with Crippen molar-refractivity contribution in [3.63, 3.8) is 0 Å². The lowest BCUT2D eigenvalue weighted by molar-refractivity contribution is -0.231. The molecule has 3 N–H and O–H groups in total. The van der Waals surface area contributed by atoms with Crippen LogP contribution in [-0.2, 0) is 20.8 Å². The molecule has 1 saturated heterocycles. The van der Waals surface area contributed by atoms with Crippen molar-refractivity contribution in [2.45, 2.75) is 32.6 Å². The monoisotopic (exact) mass is 543 g/mol. The summed E-state index contributed by atoms with van der Waals surface area (Å²) in [7, 11) is 0. The smallest absolute Gasteiger partial charge is 0.230 e. The Kier molecular flexibility index (Phi) is 7.23. The molecule has 0 unspecified atom stereocenters. The Morgan fingerprint density at radius 2 is 1.90 bits per heavy atom. The topological polar surface area (TPSA) is 127 Å². The number of imidazole rings is 1. The van der Waals surface area contributed by atoms with Gasteiger partial charge in [-0.1, -0.05) is 6.07 Å². The standard InChI is InChI=1S/C29H30FN7O3/c1-29(27(38)33-14-18-4-5-18)16-39-26(40-17-29)25-36-23(20-6-8-21(30)9-7-20)24(37-25)22-10-12-32-28(35-22)34-15-19-3-2-11-31-13-19/h2-3,6-13,18,26H,4-5,14-17H2,1H3,(H,33,38)(H,36,37)(H,32,34,35). The molecule has 1 aromatic carbocycles. The molecular weight excluding hydrogens is 513 g/mol. The summed E-state index contributed by atoms with van der Waals surface area (Å²) in [6, 6.07) is 11.7. The van der Waals surface area contributed by atoms with Crippen LogP contribution < -0.4 is 10.6 Å². The molecule has 40 heavy (non-hydrogen) atoms. The third kappa shape index (κ3) is 5.85. The number of hydrogen-bond acceptors (Lipinski definition) is 8. The van der Waals surface area contributed by atoms with Crippen molar-refractivity contribution in [1.82, 2.24) is 30.2 Å². The third-order valence-electron chi connectivity index (χ3n) is 7.05. The van der Waals surface area contributed by atoms with Crippen molar-refractivity contribution in [1.29, 1.82) is 0 Å². The molecule has 206 valence electrons. The number of amides is 1. The largest absolute Gasteiger partial charge is 0.355 e. The molecule has 2 fully saturated rings. The number of carbonyl (C=O) groups is 1. The van der Waals surface area contributed by atoms with E-state index in [0.29, 0.717) is 53.4 Å². The number of ether oxygens (including phenoxy) is 2. The predicted molar refractivity (Wildman–Crippen MR) is 145 cm³/mol. The number of anilines is 1. The van der Waals surface area contributed by atoms with Crippen LogP contribution in [0, 0.1) is 17.2 Å². The zero-order valence-electron chi connectivity index (χ0n) is 22.1. The van der Waals surface area contributed by atoms with Crippen molar-refractivity contribution in [3.05, 3.63) is 78.3 Å². The van der Waals surface area contributed by atoms with E-state index in [4.69, 9.17) is 14.5 Å². The van der Waals surface area contributed by atoms with Crippen LogP contribution in [0.15, 0.2) is 61.1 Å². The van der Waals surface area contributed by atoms with Gasteiger partial charge in [-0.2, -0.15) is 0 Å². The number of nitrogens with one attached hydrogen (secondary N) is 3. The first-order valence-electron chi connectivity index (χ1n) is 13.3. The summed E-state index contributed by atoms with van der Waals surface area (Å²) < 4.78 is 25.7. The molecule has 1 aliphatic heterocycles. The molecule has 4 aromatic rings. The van der Waals surface area contributed by atoms with E-state index in [0.717, 1.165) is 18.4 Å². The molecule has 1 aliphatic carbocycles. The van der Waals surface area contributed by atoms with Gasteiger partial charge >= 0.3 is 0 Å². The van der Waals surface area contributed by atoms with Gasteiger partial charge in [-0.15, -0.1) is 0 Å². The molecular formula is C29H30FN7O3. The minimum Gasteiger partial charge on any atom is -0.355 e. The molecule has 0 bridgehead atoms. The van der Waals surface area contributed by atoms with Gasteiger partial charge in [-0.25, -0.2) is 19.3 Å². The van der Waals surface area contributed by atoms with E-state index in [-0.39, 0.29) is 24.9 Å². The van der Waals surface area contributed by atoms with Gasteiger partial charge in [0, 0.05) is 37.2 Å². The number of rotatable bonds is 9. The number of aromatic amines is 1. The minimum absolute atomic E-state index is 0.0720. The Labute approximate surface area is 230 Å². The lowest BCUT2D eigenvalue weighted by atomic mass is 9.91. The summed E-state index contributed by atoms with van der Waals surface area (Å²) in [5.74, 6) is 1.03. The number of nitrogens with zero attached hydrogens (tertiary/aromatic N) is 4. The zero-order valence-corrected chi connectivity index (χ0v) is 22.1. The summed E-state index contributed by atoms with van der Waals surface area (Å²) in [6.45, 7) is 3.41. The lowest BCUT2D eigenvalue weighted by Gasteiger charge is -2.35. The molecule has 3 aromatic heterocycles. The van der Waals surface area contributed by atoms with Crippen LogP contribution in [-0.4, -0.2) is 50.6 Å². The molecule has 6 rings (SSSR count). The summed E-state index contributed by atoms with van der Waals surface area (Å²) in [4.78, 5) is 34.0. The van der Waals surface area contributed by atoms with E-state index in [9.17, 15) is 9.18 Å². The predicted octanol–water partition coefficient (Wildman–Crippen LogP) is 4.26. The highest BCUT2D eigenvalue weighted by Gasteiger charge is 2.41. The van der Waals surface area contributed by atoms with Gasteiger partial charge in [0.15, 0.2) is 5.82 Å². The van der Waals surface area contributed by atoms with Crippen LogP contribution in [0.1, 0.15) is 37.4 Å². The van der Waals surface area contributed by atoms with Crippen molar-refractivity contribution in [2.75, 3.05) is 25.1 Å². The number of benzene rings is 1. The number of halogens is 1. The second kappa shape index (κ2) is 11.1. The molecule has 11 heteroatoms. The Morgan fingerprint density at radius 1 is 1.10 bits per heavy atom. The first-order chi connectivity index (χ1) is 19.5. The van der Waals surface area contributed by atoms with Gasteiger partial charge in [0.25, 0.3) is 0 Å². The fourth-order valence-electron chi connectivity index (χ4n) is 4.44. The SMILES string of the molecule is CC1(C(=O)NCC2CC2)COC(c2nc(-c3ccc(F)cc3)c(-c3ccnc(NCc4cccnc4)n3)[nH]2)OC1. The van der Waals surface area contributed by atoms with E-state index < -0.39 is 11.7 Å². The maximum atomic E-state index is 13.7. The summed E-state index contributed by atoms with van der Waals surface area (Å²) >= 11 is 0. The van der Waals surface area contributed by atoms with Crippen LogP contribution >= 0.6 is 0 Å². The maximum Gasteiger partial charge on any atom is 0.230 e. The van der Waals surface area contributed by atoms with Crippen molar-refractivity contribution in [2.24, 2.45) is 11.3 Å². The highest BCUT2D eigenvalue weighted by atomic mass is 19.1. The van der Waals surface area contributed by atoms with Crippen LogP contribution in [0.4, 0.5) is 10.3 Å². The van der Waals surface area contributed by atoms with Crippen LogP contribution in [0.25, 0.3) is 22.6 Å². The van der Waals surface area contributed by atoms with Crippen LogP contribution in [0.2, 0.25) is 0 Å². The molecule has 1 amide bonds. The molecule has 1 saturated carbocycles. The lowest BCUT2D eigenvalue weighted by Crippen LogP contribution is -2.49. The van der Waals surface area contributed by atoms with E-state index >= 15 is 0 Å². The fraction of sp³-hybridized carbons (Fsp3) is 0.345. The van der Waals surface area contributed by atoms with E-state index in [1.54, 1.807) is 36.8 Å². The molecule has 4 heterocycles. The van der Waals surface area contributed by atoms with Crippen molar-refractivity contribution in [3.8, 4) is 22.6 Å². The number of carbonyl (C=O) groups excluding carboxylic acids is 1. The van der Waals surface area contributed by atoms with Crippen LogP contribution in [0.3, 0.4) is 0 Å². The normalized spacial score (nSPS) is 20.7. The van der Waals surface area contributed by atoms with Gasteiger partial charge in [0.1, 0.15) is 5.82 Å². The molecule has 0 radical (unpaired) electrons. The zero-order chi connectivity index (χ0) is 27.5. The van der Waals surface area contributed by atoms with Crippen molar-refractivity contribution >= 4 is 11.9 Å². The molecule has 10 nitrogen and oxygen atoms in total. The fourth-order valence-corrected chi connectivity index (χ4v) is 4.44. The van der Waals surface area contributed by atoms with E-state index in [1.165, 1.54) is 12.1 Å². The quantitative estimate of drug-likeness (QED) is 0.286.